The van der Waals surface area contributed by atoms with Crippen LogP contribution in [0.4, 0.5) is 10.2 Å². The van der Waals surface area contributed by atoms with Crippen LogP contribution in [0.2, 0.25) is 0 Å². The Labute approximate surface area is 348 Å². The van der Waals surface area contributed by atoms with E-state index in [1.807, 2.05) is 6.08 Å². The van der Waals surface area contributed by atoms with Crippen molar-refractivity contribution in [2.45, 2.75) is 134 Å². The molecule has 5 N–H and O–H groups in total. The predicted molar refractivity (Wildman–Crippen MR) is 223 cm³/mol. The molecule has 1 saturated heterocycles. The minimum atomic E-state index is -2.36. The van der Waals surface area contributed by atoms with Gasteiger partial charge in [0.25, 0.3) is 0 Å². The van der Waals surface area contributed by atoms with Crippen molar-refractivity contribution in [2.75, 3.05) is 23.8 Å². The van der Waals surface area contributed by atoms with Crippen LogP contribution in [0.1, 0.15) is 97.6 Å². The molecule has 4 aliphatic carbocycles. The van der Waals surface area contributed by atoms with Gasteiger partial charge < -0.3 is 35.3 Å². The number of nitrogens with two attached hydrogens (primary N) is 1. The quantitative estimate of drug-likeness (QED) is 0.0642. The Morgan fingerprint density at radius 2 is 1.86 bits per heavy atom. The van der Waals surface area contributed by atoms with E-state index in [0.717, 1.165) is 49.2 Å². The fourth-order valence-electron chi connectivity index (χ4n) is 9.51. The highest BCUT2D eigenvalue weighted by Gasteiger charge is 2.56. The molecule has 0 radical (unpaired) electrons. The van der Waals surface area contributed by atoms with Gasteiger partial charge in [0.1, 0.15) is 30.7 Å². The minimum Gasteiger partial charge on any atom is -0.463 e. The van der Waals surface area contributed by atoms with Gasteiger partial charge >= 0.3 is 17.6 Å². The number of nitrogen functional groups attached to an aromatic ring is 1. The van der Waals surface area contributed by atoms with Crippen LogP contribution in [0.3, 0.4) is 0 Å². The lowest BCUT2D eigenvalue weighted by atomic mass is 9.61. The van der Waals surface area contributed by atoms with Gasteiger partial charge in [-0.2, -0.15) is 4.98 Å². The number of ether oxygens (including phenoxy) is 3. The number of halogens is 1. The molecule has 0 bridgehead atoms. The number of carbonyl (C=O) groups excluding carboxylic acids is 2. The molecule has 12 nitrogen and oxygen atoms in total. The monoisotopic (exact) mass is 845 g/mol. The first-order valence-corrected chi connectivity index (χ1v) is 23.2. The number of aromatic nitrogens is 2. The molecule has 5 fully saturated rings. The first-order valence-electron chi connectivity index (χ1n) is 20.7. The van der Waals surface area contributed by atoms with Gasteiger partial charge in [-0.25, -0.2) is 9.18 Å². The molecule has 5 aliphatic rings. The second-order valence-electron chi connectivity index (χ2n) is 17.2. The molecule has 58 heavy (non-hydrogen) atoms. The van der Waals surface area contributed by atoms with Crippen molar-refractivity contribution < 1.29 is 43.5 Å². The number of aliphatic hydroxyl groups is 3. The summed E-state index contributed by atoms with van der Waals surface area (Å²) in [5.41, 5.74) is 5.57. The number of alkyl halides is 1. The second-order valence-corrected chi connectivity index (χ2v) is 19.9. The average Bonchev–Trinajstić information content (AvgIpc) is 3.93. The van der Waals surface area contributed by atoms with Crippen molar-refractivity contribution in [3.63, 3.8) is 0 Å². The van der Waals surface area contributed by atoms with Crippen LogP contribution in [0, 0.1) is 29.1 Å². The van der Waals surface area contributed by atoms with E-state index in [1.165, 1.54) is 52.3 Å². The van der Waals surface area contributed by atoms with Gasteiger partial charge in [-0.15, -0.1) is 0 Å². The summed E-state index contributed by atoms with van der Waals surface area (Å²) in [6, 6.07) is 1.31. The smallest absolute Gasteiger partial charge is 0.351 e. The van der Waals surface area contributed by atoms with Crippen molar-refractivity contribution in [1.29, 1.82) is 0 Å². The predicted octanol–water partition coefficient (Wildman–Crippen LogP) is 6.17. The molecule has 2 heterocycles. The van der Waals surface area contributed by atoms with Gasteiger partial charge in [-0.3, -0.25) is 14.2 Å². The SMILES string of the molecule is C=C1/C(=C\C=C2/CCC[C@@]3(C)C2CCC3[C@@H](C)/C=C/C(O)C2CC2)C[C@@H](OC(=O)CCSSCCC(=O)OCC2OC(n3ccc(N)nc3=O)C(C)(F)C2O)C[C@@H]1O. The molecule has 4 saturated carbocycles. The average molecular weight is 846 g/mol. The van der Waals surface area contributed by atoms with Crippen LogP contribution in [0.15, 0.2) is 64.7 Å². The number of fused-ring (bicyclic) bond motifs is 1. The van der Waals surface area contributed by atoms with Crippen LogP contribution < -0.4 is 11.4 Å². The molecule has 0 spiro atoms. The number of anilines is 1. The summed E-state index contributed by atoms with van der Waals surface area (Å²) in [5.74, 6) is 1.82. The summed E-state index contributed by atoms with van der Waals surface area (Å²) in [5, 5.41) is 31.7. The Bertz CT molecular complexity index is 1810. The lowest BCUT2D eigenvalue weighted by Gasteiger charge is -2.44. The van der Waals surface area contributed by atoms with Gasteiger partial charge in [0, 0.05) is 30.5 Å². The third kappa shape index (κ3) is 10.5. The molecule has 0 amide bonds. The lowest BCUT2D eigenvalue weighted by Crippen LogP contribution is -2.43. The molecule has 0 aromatic carbocycles. The van der Waals surface area contributed by atoms with E-state index < -0.39 is 54.6 Å². The van der Waals surface area contributed by atoms with Crippen LogP contribution in [0.5, 0.6) is 0 Å². The molecular weight excluding hydrogens is 786 g/mol. The maximum absolute atomic E-state index is 15.4. The Morgan fingerprint density at radius 3 is 2.57 bits per heavy atom. The van der Waals surface area contributed by atoms with Gasteiger partial charge in [0.05, 0.1) is 25.0 Å². The zero-order chi connectivity index (χ0) is 41.8. The Balaban J connectivity index is 0.900. The highest BCUT2D eigenvalue weighted by atomic mass is 33.1. The van der Waals surface area contributed by atoms with Gasteiger partial charge in [-0.05, 0) is 98.2 Å². The summed E-state index contributed by atoms with van der Waals surface area (Å²) in [4.78, 5) is 40.9. The van der Waals surface area contributed by atoms with E-state index in [9.17, 15) is 29.7 Å². The second kappa shape index (κ2) is 19.2. The number of allylic oxidation sites excluding steroid dienone is 4. The highest BCUT2D eigenvalue weighted by Crippen LogP contribution is 2.59. The fraction of sp³-hybridized carbons (Fsp3) is 0.674. The highest BCUT2D eigenvalue weighted by molar-refractivity contribution is 8.76. The summed E-state index contributed by atoms with van der Waals surface area (Å²) < 4.78 is 32.9. The fourth-order valence-corrected chi connectivity index (χ4v) is 11.5. The summed E-state index contributed by atoms with van der Waals surface area (Å²) in [6.45, 7) is 9.62. The number of hydrogen-bond acceptors (Lipinski definition) is 13. The zero-order valence-electron chi connectivity index (χ0n) is 33.8. The number of hydrogen-bond donors (Lipinski definition) is 4. The largest absolute Gasteiger partial charge is 0.463 e. The molecule has 320 valence electrons. The molecule has 15 heteroatoms. The molecule has 7 unspecified atom stereocenters. The number of carbonyl (C=O) groups is 2. The number of aliphatic hydroxyl groups excluding tert-OH is 3. The minimum absolute atomic E-state index is 0.0368. The zero-order valence-corrected chi connectivity index (χ0v) is 35.4. The lowest BCUT2D eigenvalue weighted by molar-refractivity contribution is -0.150. The first kappa shape index (κ1) is 44.6. The maximum Gasteiger partial charge on any atom is 0.351 e. The summed E-state index contributed by atoms with van der Waals surface area (Å²) in [7, 11) is 2.82. The van der Waals surface area contributed by atoms with E-state index in [1.54, 1.807) is 0 Å². The van der Waals surface area contributed by atoms with Gasteiger partial charge in [-0.1, -0.05) is 71.9 Å². The Morgan fingerprint density at radius 1 is 1.14 bits per heavy atom. The van der Waals surface area contributed by atoms with Crippen molar-refractivity contribution in [3.8, 4) is 0 Å². The topological polar surface area (TPSA) is 183 Å². The molecular formula is C43H60FN3O9S2. The van der Waals surface area contributed by atoms with E-state index >= 15 is 4.39 Å². The van der Waals surface area contributed by atoms with Crippen LogP contribution in [0.25, 0.3) is 0 Å². The van der Waals surface area contributed by atoms with Gasteiger partial charge in [0.15, 0.2) is 11.9 Å². The van der Waals surface area contributed by atoms with Crippen LogP contribution >= 0.6 is 21.6 Å². The number of nitrogens with zero attached hydrogens (tertiary/aromatic N) is 2. The summed E-state index contributed by atoms with van der Waals surface area (Å²) >= 11 is 0. The van der Waals surface area contributed by atoms with E-state index in [0.29, 0.717) is 53.6 Å². The number of esters is 2. The maximum atomic E-state index is 15.4. The van der Waals surface area contributed by atoms with E-state index in [-0.39, 0.29) is 36.1 Å². The van der Waals surface area contributed by atoms with Crippen LogP contribution in [-0.4, -0.2) is 91.1 Å². The van der Waals surface area contributed by atoms with Crippen LogP contribution in [-0.2, 0) is 23.8 Å². The van der Waals surface area contributed by atoms with Crippen molar-refractivity contribution >= 4 is 39.3 Å². The molecule has 1 aromatic heterocycles. The van der Waals surface area contributed by atoms with Crippen molar-refractivity contribution in [3.05, 3.63) is 70.3 Å². The molecule has 6 rings (SSSR count). The summed E-state index contributed by atoms with van der Waals surface area (Å²) in [6.07, 6.45) is 12.9. The Hall–Kier alpha value is -2.95. The normalized spacial score (nSPS) is 35.0. The van der Waals surface area contributed by atoms with Crippen molar-refractivity contribution in [1.82, 2.24) is 9.55 Å². The van der Waals surface area contributed by atoms with E-state index in [2.05, 4.69) is 43.6 Å². The third-order valence-corrected chi connectivity index (χ3v) is 15.4. The molecule has 1 aliphatic heterocycles. The Kier molecular flexibility index (Phi) is 14.8. The van der Waals surface area contributed by atoms with E-state index in [4.69, 9.17) is 19.9 Å². The number of rotatable bonds is 16. The third-order valence-electron chi connectivity index (χ3n) is 13.0. The van der Waals surface area contributed by atoms with Crippen molar-refractivity contribution in [2.24, 2.45) is 29.1 Å². The standard InChI is InChI=1S/C43H60FN3O9S2/c1-25(7-14-33(48)28-9-10-28)31-12-13-32-27(6-5-18-42(31,32)3)8-11-29-22-30(23-34(49)26(29)2)55-38(51)17-21-58-57-20-16-37(50)54-24-35-39(52)43(4,44)40(56-35)47-19-15-36(45)46-41(47)53/h7-8,11,14-15,19,25,28,30-35,39-40,48-49,52H,2,5-6,9-10,12-13,16-18,20-24H2,1,3-4H3,(H2,45,46,53)/b14-7+,27-8+,29-11-/t25-,30+,31?,32?,33?,34-,35?,39?,40?,42+,43?/m0/s1. The molecule has 1 aromatic rings. The molecule has 11 atom stereocenters. The first-order chi connectivity index (χ1) is 27.6. The van der Waals surface area contributed by atoms with Gasteiger partial charge in [0.2, 0.25) is 0 Å².